The van der Waals surface area contributed by atoms with Crippen molar-refractivity contribution in [2.75, 3.05) is 23.4 Å². The first-order valence-electron chi connectivity index (χ1n) is 7.64. The second-order valence-electron chi connectivity index (χ2n) is 5.84. The molecule has 21 heavy (non-hydrogen) atoms. The standard InChI is InChI=1S/C14H23N7/c1-3-14(4-2)5-7-21(8-6-14)12-10-9-16-20-11(10)17-13(18-12)19-15/h9H,3-8,15H2,1-2H3,(H2,16,17,18,19,20). The van der Waals surface area contributed by atoms with E-state index in [2.05, 4.69) is 44.3 Å². The molecule has 0 radical (unpaired) electrons. The van der Waals surface area contributed by atoms with E-state index in [9.17, 15) is 0 Å². The van der Waals surface area contributed by atoms with Crippen molar-refractivity contribution in [2.45, 2.75) is 39.5 Å². The molecule has 0 amide bonds. The van der Waals surface area contributed by atoms with E-state index in [1.807, 2.05) is 0 Å². The molecule has 4 N–H and O–H groups in total. The summed E-state index contributed by atoms with van der Waals surface area (Å²) in [6, 6.07) is 0. The fraction of sp³-hybridized carbons (Fsp3) is 0.643. The van der Waals surface area contributed by atoms with Gasteiger partial charge in [0.15, 0.2) is 5.65 Å². The van der Waals surface area contributed by atoms with Crippen molar-refractivity contribution in [2.24, 2.45) is 11.3 Å². The molecule has 7 heteroatoms. The fourth-order valence-corrected chi connectivity index (χ4v) is 3.28. The summed E-state index contributed by atoms with van der Waals surface area (Å²) in [4.78, 5) is 11.1. The Morgan fingerprint density at radius 2 is 2.00 bits per heavy atom. The molecule has 3 rings (SSSR count). The third-order valence-corrected chi connectivity index (χ3v) is 5.04. The first kappa shape index (κ1) is 14.1. The lowest BCUT2D eigenvalue weighted by atomic mass is 9.74. The third-order valence-electron chi connectivity index (χ3n) is 5.04. The summed E-state index contributed by atoms with van der Waals surface area (Å²) in [6.45, 7) is 6.63. The Bertz CT molecular complexity index is 607. The van der Waals surface area contributed by atoms with Crippen LogP contribution in [0.4, 0.5) is 11.8 Å². The molecule has 1 fully saturated rings. The molecule has 7 nitrogen and oxygen atoms in total. The van der Waals surface area contributed by atoms with E-state index in [1.54, 1.807) is 6.20 Å². The van der Waals surface area contributed by atoms with Crippen LogP contribution in [0.25, 0.3) is 11.0 Å². The van der Waals surface area contributed by atoms with Crippen LogP contribution in [-0.2, 0) is 0 Å². The highest BCUT2D eigenvalue weighted by Gasteiger charge is 2.32. The van der Waals surface area contributed by atoms with Gasteiger partial charge in [-0.3, -0.25) is 10.5 Å². The van der Waals surface area contributed by atoms with Gasteiger partial charge in [0, 0.05) is 13.1 Å². The Balaban J connectivity index is 1.90. The molecule has 2 aromatic heterocycles. The van der Waals surface area contributed by atoms with Crippen LogP contribution in [0.5, 0.6) is 0 Å². The number of nitrogens with two attached hydrogens (primary N) is 1. The minimum absolute atomic E-state index is 0.421. The molecule has 1 aliphatic rings. The van der Waals surface area contributed by atoms with Crippen LogP contribution in [0.3, 0.4) is 0 Å². The van der Waals surface area contributed by atoms with Crippen LogP contribution in [0.1, 0.15) is 39.5 Å². The molecule has 0 spiro atoms. The zero-order valence-corrected chi connectivity index (χ0v) is 12.7. The highest BCUT2D eigenvalue weighted by molar-refractivity contribution is 5.87. The molecule has 0 aliphatic carbocycles. The Kier molecular flexibility index (Phi) is 3.67. The predicted octanol–water partition coefficient (Wildman–Crippen LogP) is 2.05. The minimum atomic E-state index is 0.421. The van der Waals surface area contributed by atoms with Crippen molar-refractivity contribution in [3.63, 3.8) is 0 Å². The average Bonchev–Trinajstić information content (AvgIpc) is 3.02. The van der Waals surface area contributed by atoms with E-state index in [0.29, 0.717) is 11.4 Å². The molecule has 2 aromatic rings. The number of hydrogen-bond acceptors (Lipinski definition) is 6. The van der Waals surface area contributed by atoms with Crippen LogP contribution < -0.4 is 16.2 Å². The van der Waals surface area contributed by atoms with Crippen molar-refractivity contribution in [1.29, 1.82) is 0 Å². The maximum atomic E-state index is 5.47. The SMILES string of the molecule is CCC1(CC)CCN(c2nc(NN)nc3[nH]ncc23)CC1. The number of nitrogen functional groups attached to an aromatic ring is 1. The third kappa shape index (κ3) is 2.42. The quantitative estimate of drug-likeness (QED) is 0.589. The maximum absolute atomic E-state index is 5.47. The highest BCUT2D eigenvalue weighted by Crippen LogP contribution is 2.39. The topological polar surface area (TPSA) is 95.8 Å². The van der Waals surface area contributed by atoms with Crippen LogP contribution in [0, 0.1) is 5.41 Å². The predicted molar refractivity (Wildman–Crippen MR) is 84.0 cm³/mol. The van der Waals surface area contributed by atoms with Crippen LogP contribution >= 0.6 is 0 Å². The number of nitrogens with zero attached hydrogens (tertiary/aromatic N) is 4. The largest absolute Gasteiger partial charge is 0.356 e. The van der Waals surface area contributed by atoms with E-state index < -0.39 is 0 Å². The summed E-state index contributed by atoms with van der Waals surface area (Å²) >= 11 is 0. The number of nitrogens with one attached hydrogen (secondary N) is 2. The van der Waals surface area contributed by atoms with Crippen molar-refractivity contribution < 1.29 is 0 Å². The fourth-order valence-electron chi connectivity index (χ4n) is 3.28. The van der Waals surface area contributed by atoms with Gasteiger partial charge in [0.05, 0.1) is 11.6 Å². The van der Waals surface area contributed by atoms with Crippen LogP contribution in [0.15, 0.2) is 6.20 Å². The monoisotopic (exact) mass is 289 g/mol. The molecule has 0 aromatic carbocycles. The van der Waals surface area contributed by atoms with Crippen molar-refractivity contribution >= 4 is 22.8 Å². The number of anilines is 2. The molecule has 1 saturated heterocycles. The Morgan fingerprint density at radius 3 is 2.62 bits per heavy atom. The van der Waals surface area contributed by atoms with E-state index in [4.69, 9.17) is 5.84 Å². The molecular formula is C14H23N7. The van der Waals surface area contributed by atoms with Gasteiger partial charge in [-0.15, -0.1) is 0 Å². The van der Waals surface area contributed by atoms with Gasteiger partial charge < -0.3 is 4.90 Å². The van der Waals surface area contributed by atoms with E-state index >= 15 is 0 Å². The molecule has 0 atom stereocenters. The number of piperidine rings is 1. The molecule has 3 heterocycles. The lowest BCUT2D eigenvalue weighted by Gasteiger charge is -2.41. The van der Waals surface area contributed by atoms with Crippen LogP contribution in [0.2, 0.25) is 0 Å². The second kappa shape index (κ2) is 5.48. The van der Waals surface area contributed by atoms with Gasteiger partial charge in [-0.25, -0.2) is 5.84 Å². The number of rotatable bonds is 4. The normalized spacial score (nSPS) is 18.1. The zero-order chi connectivity index (χ0) is 14.9. The number of H-pyrrole nitrogens is 1. The molecule has 1 aliphatic heterocycles. The summed E-state index contributed by atoms with van der Waals surface area (Å²) < 4.78 is 0. The summed E-state index contributed by atoms with van der Waals surface area (Å²) in [5.41, 5.74) is 3.74. The smallest absolute Gasteiger partial charge is 0.241 e. The van der Waals surface area contributed by atoms with Gasteiger partial charge in [-0.2, -0.15) is 15.1 Å². The van der Waals surface area contributed by atoms with E-state index in [1.165, 1.54) is 25.7 Å². The molecule has 0 unspecified atom stereocenters. The van der Waals surface area contributed by atoms with E-state index in [-0.39, 0.29) is 0 Å². The van der Waals surface area contributed by atoms with Gasteiger partial charge in [0.25, 0.3) is 0 Å². The Labute approximate surface area is 124 Å². The summed E-state index contributed by atoms with van der Waals surface area (Å²) in [7, 11) is 0. The summed E-state index contributed by atoms with van der Waals surface area (Å²) in [5, 5.41) is 7.91. The molecule has 114 valence electrons. The molecular weight excluding hydrogens is 266 g/mol. The summed E-state index contributed by atoms with van der Waals surface area (Å²) in [6.07, 6.45) is 6.69. The first-order chi connectivity index (χ1) is 10.2. The molecule has 0 saturated carbocycles. The average molecular weight is 289 g/mol. The summed E-state index contributed by atoms with van der Waals surface area (Å²) in [5.74, 6) is 6.81. The number of aromatic amines is 1. The number of fused-ring (bicyclic) bond motifs is 1. The van der Waals surface area contributed by atoms with Crippen molar-refractivity contribution in [1.82, 2.24) is 20.2 Å². The maximum Gasteiger partial charge on any atom is 0.241 e. The Morgan fingerprint density at radius 1 is 1.29 bits per heavy atom. The number of aromatic nitrogens is 4. The van der Waals surface area contributed by atoms with Crippen LogP contribution in [-0.4, -0.2) is 33.3 Å². The van der Waals surface area contributed by atoms with Gasteiger partial charge >= 0.3 is 0 Å². The number of hydrogen-bond donors (Lipinski definition) is 3. The van der Waals surface area contributed by atoms with Gasteiger partial charge in [-0.05, 0) is 18.3 Å². The van der Waals surface area contributed by atoms with Gasteiger partial charge in [-0.1, -0.05) is 26.7 Å². The van der Waals surface area contributed by atoms with Crippen molar-refractivity contribution in [3.8, 4) is 0 Å². The highest BCUT2D eigenvalue weighted by atomic mass is 15.3. The lowest BCUT2D eigenvalue weighted by Crippen LogP contribution is -2.40. The van der Waals surface area contributed by atoms with Gasteiger partial charge in [0.1, 0.15) is 5.82 Å². The molecule has 0 bridgehead atoms. The Hall–Kier alpha value is -1.89. The lowest BCUT2D eigenvalue weighted by molar-refractivity contribution is 0.199. The van der Waals surface area contributed by atoms with Gasteiger partial charge in [0.2, 0.25) is 5.95 Å². The first-order valence-corrected chi connectivity index (χ1v) is 7.64. The van der Waals surface area contributed by atoms with E-state index in [0.717, 1.165) is 29.9 Å². The second-order valence-corrected chi connectivity index (χ2v) is 5.84. The van der Waals surface area contributed by atoms with Crippen molar-refractivity contribution in [3.05, 3.63) is 6.20 Å². The minimum Gasteiger partial charge on any atom is -0.356 e. The number of hydrazine groups is 1. The zero-order valence-electron chi connectivity index (χ0n) is 12.7.